The topological polar surface area (TPSA) is 45.3 Å². The van der Waals surface area contributed by atoms with Crippen molar-refractivity contribution in [3.8, 4) is 0 Å². The van der Waals surface area contributed by atoms with E-state index in [4.69, 9.17) is 4.43 Å². The molecule has 3 N–H and O–H groups in total. The van der Waals surface area contributed by atoms with E-state index in [2.05, 4.69) is 14.9 Å². The van der Waals surface area contributed by atoms with Gasteiger partial charge in [-0.25, -0.2) is 0 Å². The molecule has 0 atom stereocenters. The Balaban J connectivity index is 1.65. The first-order valence-electron chi connectivity index (χ1n) is 10.7. The van der Waals surface area contributed by atoms with Gasteiger partial charge in [-0.2, -0.15) is 0 Å². The van der Waals surface area contributed by atoms with Crippen LogP contribution in [-0.2, 0) is 4.43 Å². The van der Waals surface area contributed by atoms with E-state index in [1.54, 1.807) is 0 Å². The zero-order valence-corrected chi connectivity index (χ0v) is 16.7. The molecule has 3 fully saturated rings. The molecule has 24 heavy (non-hydrogen) atoms. The minimum Gasteiger partial charge on any atom is -0.383 e. The Morgan fingerprint density at radius 2 is 0.833 bits per heavy atom. The summed E-state index contributed by atoms with van der Waals surface area (Å²) >= 11 is 0. The molecule has 3 rings (SSSR count). The molecular weight excluding hydrogens is 314 g/mol. The Kier molecular flexibility index (Phi) is 7.59. The van der Waals surface area contributed by atoms with E-state index in [0.717, 1.165) is 0 Å². The minimum absolute atomic E-state index is 0.637. The molecule has 0 amide bonds. The van der Waals surface area contributed by atoms with Gasteiger partial charge in [-0.3, -0.25) is 14.9 Å². The third-order valence-electron chi connectivity index (χ3n) is 6.34. The smallest absolute Gasteiger partial charge is 0.383 e. The Morgan fingerprint density at radius 3 is 1.08 bits per heavy atom. The van der Waals surface area contributed by atoms with Gasteiger partial charge in [-0.1, -0.05) is 57.8 Å². The lowest BCUT2D eigenvalue weighted by atomic mass is 9.96. The average molecular weight is 354 g/mol. The average Bonchev–Trinajstić information content (AvgIpc) is 2.64. The van der Waals surface area contributed by atoms with Crippen molar-refractivity contribution in [2.45, 2.75) is 114 Å². The van der Waals surface area contributed by atoms with Crippen LogP contribution in [0, 0.1) is 0 Å². The first-order chi connectivity index (χ1) is 11.8. The summed E-state index contributed by atoms with van der Waals surface area (Å²) in [5, 5.41) is 0. The van der Waals surface area contributed by atoms with E-state index in [1.165, 1.54) is 96.3 Å². The summed E-state index contributed by atoms with van der Waals surface area (Å²) in [6, 6.07) is 1.91. The number of hydrogen-bond acceptors (Lipinski definition) is 4. The fraction of sp³-hybridized carbons (Fsp3) is 1.00. The SMILES string of the molecule is CO[Si](NC1CCCCC1)(NC1CCCCC1)NC1CCCCC1. The monoisotopic (exact) mass is 353 g/mol. The maximum absolute atomic E-state index is 6.25. The zero-order chi connectivity index (χ0) is 16.7. The van der Waals surface area contributed by atoms with Crippen molar-refractivity contribution in [2.24, 2.45) is 0 Å². The van der Waals surface area contributed by atoms with E-state index in [-0.39, 0.29) is 0 Å². The van der Waals surface area contributed by atoms with Crippen LogP contribution < -0.4 is 14.9 Å². The Hall–Kier alpha value is 0.0569. The molecule has 0 aromatic rings. The van der Waals surface area contributed by atoms with Gasteiger partial charge >= 0.3 is 8.80 Å². The second kappa shape index (κ2) is 9.67. The lowest BCUT2D eigenvalue weighted by molar-refractivity contribution is 0.276. The third-order valence-corrected chi connectivity index (χ3v) is 9.40. The van der Waals surface area contributed by atoms with Crippen molar-refractivity contribution in [2.75, 3.05) is 7.11 Å². The lowest BCUT2D eigenvalue weighted by Crippen LogP contribution is -2.79. The summed E-state index contributed by atoms with van der Waals surface area (Å²) in [4.78, 5) is 12.0. The van der Waals surface area contributed by atoms with E-state index >= 15 is 0 Å². The van der Waals surface area contributed by atoms with Crippen LogP contribution in [0.2, 0.25) is 0 Å². The van der Waals surface area contributed by atoms with Crippen molar-refractivity contribution in [3.63, 3.8) is 0 Å². The summed E-state index contributed by atoms with van der Waals surface area (Å²) in [6.45, 7) is 0. The zero-order valence-electron chi connectivity index (χ0n) is 15.7. The van der Waals surface area contributed by atoms with Crippen molar-refractivity contribution in [1.82, 2.24) is 14.9 Å². The van der Waals surface area contributed by atoms with E-state index in [9.17, 15) is 0 Å². The van der Waals surface area contributed by atoms with E-state index in [0.29, 0.717) is 18.1 Å². The fourth-order valence-corrected chi connectivity index (χ4v) is 8.10. The van der Waals surface area contributed by atoms with Gasteiger partial charge in [-0.05, 0) is 38.5 Å². The molecule has 0 saturated heterocycles. The van der Waals surface area contributed by atoms with Crippen LogP contribution in [0.25, 0.3) is 0 Å². The first-order valence-corrected chi connectivity index (χ1v) is 12.6. The molecular formula is C19H39N3OSi. The van der Waals surface area contributed by atoms with Gasteiger partial charge in [0.15, 0.2) is 0 Å². The first kappa shape index (κ1) is 18.8. The van der Waals surface area contributed by atoms with Crippen molar-refractivity contribution < 1.29 is 4.43 Å². The molecule has 0 heterocycles. The molecule has 0 aromatic carbocycles. The second-order valence-electron chi connectivity index (χ2n) is 8.32. The lowest BCUT2D eigenvalue weighted by Gasteiger charge is -2.42. The molecule has 5 heteroatoms. The van der Waals surface area contributed by atoms with Gasteiger partial charge in [0, 0.05) is 25.2 Å². The number of nitrogens with one attached hydrogen (secondary N) is 3. The van der Waals surface area contributed by atoms with E-state index < -0.39 is 8.80 Å². The molecule has 3 saturated carbocycles. The maximum atomic E-state index is 6.25. The third kappa shape index (κ3) is 5.53. The number of hydrogen-bond donors (Lipinski definition) is 3. The predicted octanol–water partition coefficient (Wildman–Crippen LogP) is 3.84. The summed E-state index contributed by atoms with van der Waals surface area (Å²) in [6.07, 6.45) is 20.4. The molecule has 0 bridgehead atoms. The van der Waals surface area contributed by atoms with Crippen LogP contribution in [0.1, 0.15) is 96.3 Å². The van der Waals surface area contributed by atoms with E-state index in [1.807, 2.05) is 7.11 Å². The van der Waals surface area contributed by atoms with Gasteiger partial charge in [0.2, 0.25) is 0 Å². The normalized spacial score (nSPS) is 25.9. The quantitative estimate of drug-likeness (QED) is 0.609. The van der Waals surface area contributed by atoms with Crippen LogP contribution in [0.15, 0.2) is 0 Å². The molecule has 4 nitrogen and oxygen atoms in total. The summed E-state index contributed by atoms with van der Waals surface area (Å²) < 4.78 is 6.25. The molecule has 3 aliphatic carbocycles. The van der Waals surface area contributed by atoms with Gasteiger partial charge in [-0.15, -0.1) is 0 Å². The van der Waals surface area contributed by atoms with Gasteiger partial charge in [0.25, 0.3) is 0 Å². The Labute approximate surface area is 150 Å². The van der Waals surface area contributed by atoms with Gasteiger partial charge in [0.05, 0.1) is 0 Å². The van der Waals surface area contributed by atoms with Gasteiger partial charge in [0.1, 0.15) is 0 Å². The number of rotatable bonds is 7. The molecule has 140 valence electrons. The predicted molar refractivity (Wildman–Crippen MR) is 103 cm³/mol. The molecule has 3 aliphatic rings. The van der Waals surface area contributed by atoms with Crippen LogP contribution in [0.3, 0.4) is 0 Å². The van der Waals surface area contributed by atoms with Crippen molar-refractivity contribution in [3.05, 3.63) is 0 Å². The molecule has 0 unspecified atom stereocenters. The summed E-state index contributed by atoms with van der Waals surface area (Å²) in [5.41, 5.74) is 0. The fourth-order valence-electron chi connectivity index (χ4n) is 4.90. The van der Waals surface area contributed by atoms with Crippen LogP contribution in [0.5, 0.6) is 0 Å². The summed E-state index contributed by atoms with van der Waals surface area (Å²) in [7, 11) is -0.357. The molecule has 0 aromatic heterocycles. The maximum Gasteiger partial charge on any atom is 0.440 e. The van der Waals surface area contributed by atoms with Crippen LogP contribution in [-0.4, -0.2) is 34.0 Å². The second-order valence-corrected chi connectivity index (χ2v) is 11.0. The summed E-state index contributed by atoms with van der Waals surface area (Å²) in [5.74, 6) is 0. The minimum atomic E-state index is -2.28. The van der Waals surface area contributed by atoms with Crippen molar-refractivity contribution >= 4 is 8.80 Å². The van der Waals surface area contributed by atoms with Crippen LogP contribution >= 0.6 is 0 Å². The standard InChI is InChI=1S/C19H39N3OSi/c1-23-24(20-17-11-5-2-6-12-17,21-18-13-7-3-8-14-18)22-19-15-9-4-10-16-19/h17-22H,2-16H2,1H3. The molecule has 0 radical (unpaired) electrons. The van der Waals surface area contributed by atoms with Crippen LogP contribution in [0.4, 0.5) is 0 Å². The largest absolute Gasteiger partial charge is 0.440 e. The highest BCUT2D eigenvalue weighted by atomic mass is 28.4. The highest BCUT2D eigenvalue weighted by molar-refractivity contribution is 6.66. The Bertz CT molecular complexity index is 300. The highest BCUT2D eigenvalue weighted by Crippen LogP contribution is 2.23. The highest BCUT2D eigenvalue weighted by Gasteiger charge is 2.42. The van der Waals surface area contributed by atoms with Gasteiger partial charge < -0.3 is 4.43 Å². The van der Waals surface area contributed by atoms with Crippen molar-refractivity contribution in [1.29, 1.82) is 0 Å². The molecule has 0 spiro atoms. The Morgan fingerprint density at radius 1 is 0.542 bits per heavy atom. The molecule has 0 aliphatic heterocycles.